The summed E-state index contributed by atoms with van der Waals surface area (Å²) >= 11 is 5.93. The van der Waals surface area contributed by atoms with E-state index in [-0.39, 0.29) is 5.82 Å². The van der Waals surface area contributed by atoms with Crippen LogP contribution in [0.3, 0.4) is 0 Å². The van der Waals surface area contributed by atoms with E-state index in [0.29, 0.717) is 17.7 Å². The van der Waals surface area contributed by atoms with E-state index in [1.54, 1.807) is 0 Å². The minimum Gasteiger partial charge on any atom is -0.371 e. The fraction of sp³-hybridized carbons (Fsp3) is 0.600. The molecule has 0 bridgehead atoms. The van der Waals surface area contributed by atoms with E-state index < -0.39 is 0 Å². The van der Waals surface area contributed by atoms with Crippen molar-refractivity contribution in [1.29, 1.82) is 0 Å². The Morgan fingerprint density at radius 3 is 2.11 bits per heavy atom. The first-order valence-electron chi connectivity index (χ1n) is 6.53. The van der Waals surface area contributed by atoms with Crippen LogP contribution in [0.5, 0.6) is 0 Å². The summed E-state index contributed by atoms with van der Waals surface area (Å²) in [5, 5.41) is 0. The zero-order valence-corrected chi connectivity index (χ0v) is 12.5. The van der Waals surface area contributed by atoms with E-state index in [9.17, 15) is 4.39 Å². The number of rotatable bonds is 6. The normalized spacial score (nSPS) is 11.3. The van der Waals surface area contributed by atoms with Gasteiger partial charge in [0.2, 0.25) is 0 Å². The van der Waals surface area contributed by atoms with Gasteiger partial charge in [0, 0.05) is 24.7 Å². The van der Waals surface area contributed by atoms with Crippen LogP contribution in [0.4, 0.5) is 10.1 Å². The molecule has 0 aromatic heterocycles. The van der Waals surface area contributed by atoms with Gasteiger partial charge in [-0.1, -0.05) is 27.7 Å². The number of anilines is 1. The highest BCUT2D eigenvalue weighted by molar-refractivity contribution is 6.17. The third kappa shape index (κ3) is 4.49. The number of hydrogen-bond acceptors (Lipinski definition) is 1. The van der Waals surface area contributed by atoms with Gasteiger partial charge in [-0.3, -0.25) is 0 Å². The Balaban J connectivity index is 3.03. The fourth-order valence-electron chi connectivity index (χ4n) is 2.12. The Hall–Kier alpha value is -0.760. The molecule has 0 amide bonds. The molecule has 0 fully saturated rings. The highest BCUT2D eigenvalue weighted by atomic mass is 35.5. The van der Waals surface area contributed by atoms with Crippen LogP contribution < -0.4 is 4.90 Å². The average molecular weight is 272 g/mol. The van der Waals surface area contributed by atoms with Gasteiger partial charge in [0.05, 0.1) is 0 Å². The summed E-state index contributed by atoms with van der Waals surface area (Å²) in [5.41, 5.74) is 1.94. The molecule has 1 aromatic rings. The molecule has 0 radical (unpaired) electrons. The molecule has 0 N–H and O–H groups in total. The molecular formula is C15H23ClFN. The van der Waals surface area contributed by atoms with Crippen molar-refractivity contribution in [2.75, 3.05) is 18.0 Å². The van der Waals surface area contributed by atoms with E-state index in [1.807, 2.05) is 6.07 Å². The van der Waals surface area contributed by atoms with Gasteiger partial charge in [-0.25, -0.2) is 4.39 Å². The summed E-state index contributed by atoms with van der Waals surface area (Å²) in [4.78, 5) is 2.31. The maximum Gasteiger partial charge on any atom is 0.123 e. The van der Waals surface area contributed by atoms with Crippen LogP contribution in [0, 0.1) is 17.7 Å². The fourth-order valence-corrected chi connectivity index (χ4v) is 2.34. The Morgan fingerprint density at radius 2 is 1.67 bits per heavy atom. The van der Waals surface area contributed by atoms with Gasteiger partial charge in [-0.15, -0.1) is 11.6 Å². The predicted molar refractivity (Wildman–Crippen MR) is 77.8 cm³/mol. The molecule has 0 saturated heterocycles. The van der Waals surface area contributed by atoms with Crippen molar-refractivity contribution in [2.45, 2.75) is 33.6 Å². The van der Waals surface area contributed by atoms with Crippen LogP contribution in [-0.2, 0) is 5.88 Å². The first-order chi connectivity index (χ1) is 8.43. The van der Waals surface area contributed by atoms with Crippen LogP contribution in [-0.4, -0.2) is 13.1 Å². The smallest absolute Gasteiger partial charge is 0.123 e. The van der Waals surface area contributed by atoms with Crippen molar-refractivity contribution >= 4 is 17.3 Å². The Labute approximate surface area is 115 Å². The molecule has 1 aromatic carbocycles. The van der Waals surface area contributed by atoms with E-state index in [2.05, 4.69) is 32.6 Å². The van der Waals surface area contributed by atoms with Crippen molar-refractivity contribution in [1.82, 2.24) is 0 Å². The second-order valence-corrected chi connectivity index (χ2v) is 5.87. The first-order valence-corrected chi connectivity index (χ1v) is 7.06. The summed E-state index contributed by atoms with van der Waals surface area (Å²) < 4.78 is 13.2. The van der Waals surface area contributed by atoms with Crippen LogP contribution in [0.1, 0.15) is 33.3 Å². The van der Waals surface area contributed by atoms with Gasteiger partial charge in [0.25, 0.3) is 0 Å². The van der Waals surface area contributed by atoms with Crippen LogP contribution in [0.2, 0.25) is 0 Å². The third-order valence-electron chi connectivity index (χ3n) is 2.70. The average Bonchev–Trinajstić information content (AvgIpc) is 2.26. The number of hydrogen-bond donors (Lipinski definition) is 0. The molecule has 0 atom stereocenters. The zero-order chi connectivity index (χ0) is 13.7. The van der Waals surface area contributed by atoms with Gasteiger partial charge in [-0.05, 0) is 35.6 Å². The van der Waals surface area contributed by atoms with E-state index in [0.717, 1.165) is 24.3 Å². The number of halogens is 2. The third-order valence-corrected chi connectivity index (χ3v) is 2.99. The molecule has 18 heavy (non-hydrogen) atoms. The highest BCUT2D eigenvalue weighted by Crippen LogP contribution is 2.25. The Bertz CT molecular complexity index is 367. The topological polar surface area (TPSA) is 3.24 Å². The van der Waals surface area contributed by atoms with Crippen LogP contribution in [0.15, 0.2) is 18.2 Å². The van der Waals surface area contributed by atoms with Crippen molar-refractivity contribution in [3.63, 3.8) is 0 Å². The second-order valence-electron chi connectivity index (χ2n) is 5.60. The maximum atomic E-state index is 13.2. The summed E-state index contributed by atoms with van der Waals surface area (Å²) in [5.74, 6) is 1.26. The lowest BCUT2D eigenvalue weighted by molar-refractivity contribution is 0.551. The highest BCUT2D eigenvalue weighted by Gasteiger charge is 2.14. The second kappa shape index (κ2) is 6.98. The molecule has 0 unspecified atom stereocenters. The summed E-state index contributed by atoms with van der Waals surface area (Å²) in [6, 6.07) is 4.90. The minimum absolute atomic E-state index is 0.219. The molecule has 0 heterocycles. The number of benzene rings is 1. The van der Waals surface area contributed by atoms with Crippen LogP contribution in [0.25, 0.3) is 0 Å². The maximum absolute atomic E-state index is 13.2. The van der Waals surface area contributed by atoms with Crippen molar-refractivity contribution in [3.8, 4) is 0 Å². The quantitative estimate of drug-likeness (QED) is 0.679. The number of nitrogens with zero attached hydrogens (tertiary/aromatic N) is 1. The lowest BCUT2D eigenvalue weighted by atomic mass is 10.1. The summed E-state index contributed by atoms with van der Waals surface area (Å²) in [6.45, 7) is 10.7. The van der Waals surface area contributed by atoms with Crippen molar-refractivity contribution in [3.05, 3.63) is 29.6 Å². The van der Waals surface area contributed by atoms with E-state index >= 15 is 0 Å². The lowest BCUT2D eigenvalue weighted by Crippen LogP contribution is -2.32. The molecule has 0 saturated carbocycles. The standard InChI is InChI=1S/C15H23ClFN/c1-11(2)9-18(10-12(3)4)15-6-5-14(17)7-13(15)8-16/h5-7,11-12H,8-10H2,1-4H3. The van der Waals surface area contributed by atoms with Gasteiger partial charge in [0.1, 0.15) is 5.82 Å². The van der Waals surface area contributed by atoms with Crippen LogP contribution >= 0.6 is 11.6 Å². The molecular weight excluding hydrogens is 249 g/mol. The van der Waals surface area contributed by atoms with E-state index in [4.69, 9.17) is 11.6 Å². The number of alkyl halides is 1. The molecule has 0 aliphatic carbocycles. The lowest BCUT2D eigenvalue weighted by Gasteiger charge is -2.30. The Morgan fingerprint density at radius 1 is 1.11 bits per heavy atom. The largest absolute Gasteiger partial charge is 0.371 e. The minimum atomic E-state index is -0.219. The van der Waals surface area contributed by atoms with Crippen molar-refractivity contribution < 1.29 is 4.39 Å². The Kier molecular flexibility index (Phi) is 5.94. The zero-order valence-electron chi connectivity index (χ0n) is 11.7. The van der Waals surface area contributed by atoms with E-state index in [1.165, 1.54) is 12.1 Å². The molecule has 0 spiro atoms. The molecule has 0 aliphatic rings. The van der Waals surface area contributed by atoms with Gasteiger partial charge < -0.3 is 4.90 Å². The SMILES string of the molecule is CC(C)CN(CC(C)C)c1ccc(F)cc1CCl. The molecule has 1 nitrogen and oxygen atoms in total. The van der Waals surface area contributed by atoms with Gasteiger partial charge >= 0.3 is 0 Å². The summed E-state index contributed by atoms with van der Waals surface area (Å²) in [6.07, 6.45) is 0. The monoisotopic (exact) mass is 271 g/mol. The predicted octanol–water partition coefficient (Wildman–Crippen LogP) is 4.68. The summed E-state index contributed by atoms with van der Waals surface area (Å²) in [7, 11) is 0. The molecule has 0 aliphatic heterocycles. The van der Waals surface area contributed by atoms with Crippen molar-refractivity contribution in [2.24, 2.45) is 11.8 Å². The van der Waals surface area contributed by atoms with Gasteiger partial charge in [-0.2, -0.15) is 0 Å². The first kappa shape index (κ1) is 15.3. The molecule has 3 heteroatoms. The molecule has 1 rings (SSSR count). The molecule has 102 valence electrons. The van der Waals surface area contributed by atoms with Gasteiger partial charge in [0.15, 0.2) is 0 Å².